The Hall–Kier alpha value is -2.11. The maximum Gasteiger partial charge on any atom is 0.416 e. The number of pyridine rings is 1. The monoisotopic (exact) mass is 281 g/mol. The molecule has 110 valence electrons. The number of rotatable bonds is 3. The summed E-state index contributed by atoms with van der Waals surface area (Å²) in [5.41, 5.74) is -0.958. The van der Waals surface area contributed by atoms with Crippen molar-refractivity contribution >= 4 is 17.9 Å². The third-order valence-electron chi connectivity index (χ3n) is 2.39. The van der Waals surface area contributed by atoms with Crippen LogP contribution in [0.2, 0.25) is 0 Å². The van der Waals surface area contributed by atoms with Gasteiger partial charge in [0, 0.05) is 7.57 Å². The summed E-state index contributed by atoms with van der Waals surface area (Å²) in [7, 11) is 1.24. The number of aromatic nitrogens is 1. The van der Waals surface area contributed by atoms with Gasteiger partial charge in [-0.05, 0) is 39.8 Å². The molecule has 1 amide bonds. The molecule has 20 heavy (non-hydrogen) atoms. The van der Waals surface area contributed by atoms with Gasteiger partial charge in [0.05, 0.1) is 7.11 Å². The van der Waals surface area contributed by atoms with Gasteiger partial charge in [0.15, 0.2) is 0 Å². The van der Waals surface area contributed by atoms with Gasteiger partial charge < -0.3 is 9.47 Å². The highest BCUT2D eigenvalue weighted by Gasteiger charge is 2.32. The first-order valence-corrected chi connectivity index (χ1v) is 6.12. The minimum absolute atomic E-state index is 0.0958. The van der Waals surface area contributed by atoms with Crippen molar-refractivity contribution in [1.82, 2.24) is 4.98 Å². The Morgan fingerprint density at radius 1 is 1.45 bits per heavy atom. The van der Waals surface area contributed by atoms with Gasteiger partial charge in [0.25, 0.3) is 0 Å². The Labute approximate surface area is 120 Å². The van der Waals surface area contributed by atoms with Crippen LogP contribution in [0.1, 0.15) is 29.0 Å². The molecular formula is C14H20N2O4. The molecule has 0 spiro atoms. The average molecular weight is 281 g/mol. The maximum absolute atomic E-state index is 12.4. The van der Waals surface area contributed by atoms with E-state index < -0.39 is 23.7 Å². The lowest BCUT2D eigenvalue weighted by Crippen LogP contribution is -2.46. The standard InChI is InChI=1S/C14H20N2O4/c1-10(12(17)19-5)16(11-8-6-7-9-15-11)13(18)20-14(2,3)4/h6-10H,1-5H3/t10-/m0/s1/i2D. The maximum atomic E-state index is 12.4. The minimum atomic E-state index is -0.958. The van der Waals surface area contributed by atoms with Gasteiger partial charge in [-0.15, -0.1) is 0 Å². The van der Waals surface area contributed by atoms with E-state index in [1.54, 1.807) is 32.0 Å². The van der Waals surface area contributed by atoms with Crippen molar-refractivity contribution in [3.8, 4) is 0 Å². The molecular weight excluding hydrogens is 260 g/mol. The molecule has 0 saturated carbocycles. The van der Waals surface area contributed by atoms with Gasteiger partial charge in [-0.3, -0.25) is 0 Å². The van der Waals surface area contributed by atoms with E-state index >= 15 is 0 Å². The summed E-state index contributed by atoms with van der Waals surface area (Å²) in [6, 6.07) is 4.10. The van der Waals surface area contributed by atoms with Crippen molar-refractivity contribution in [2.45, 2.75) is 39.3 Å². The first-order chi connectivity index (χ1) is 9.82. The molecule has 1 aromatic rings. The van der Waals surface area contributed by atoms with Crippen molar-refractivity contribution in [2.24, 2.45) is 0 Å². The number of anilines is 1. The SMILES string of the molecule is [2H]CC(C)(C)OC(=O)N(c1ccccn1)[C@@H](C)C(=O)OC. The Morgan fingerprint density at radius 2 is 2.15 bits per heavy atom. The summed E-state index contributed by atoms with van der Waals surface area (Å²) >= 11 is 0. The second kappa shape index (κ2) is 6.36. The van der Waals surface area contributed by atoms with E-state index in [1.807, 2.05) is 0 Å². The molecule has 1 rings (SSSR count). The molecule has 1 atom stereocenters. The van der Waals surface area contributed by atoms with E-state index in [-0.39, 0.29) is 12.7 Å². The zero-order valence-corrected chi connectivity index (χ0v) is 12.1. The molecule has 0 radical (unpaired) electrons. The third-order valence-corrected chi connectivity index (χ3v) is 2.39. The molecule has 1 heterocycles. The van der Waals surface area contributed by atoms with Crippen LogP contribution < -0.4 is 4.90 Å². The highest BCUT2D eigenvalue weighted by molar-refractivity contribution is 5.94. The van der Waals surface area contributed by atoms with Crippen LogP contribution in [0, 0.1) is 0 Å². The summed E-state index contributed by atoms with van der Waals surface area (Å²) in [6.45, 7) is 4.67. The van der Waals surface area contributed by atoms with Gasteiger partial charge >= 0.3 is 12.1 Å². The Bertz CT molecular complexity index is 493. The fourth-order valence-electron chi connectivity index (χ4n) is 1.51. The van der Waals surface area contributed by atoms with E-state index in [4.69, 9.17) is 6.11 Å². The number of carbonyl (C=O) groups is 2. The number of hydrogen-bond donors (Lipinski definition) is 0. The Kier molecular flexibility index (Phi) is 4.55. The molecule has 0 aliphatic carbocycles. The molecule has 0 saturated heterocycles. The number of nitrogens with zero attached hydrogens (tertiary/aromatic N) is 2. The van der Waals surface area contributed by atoms with E-state index in [0.717, 1.165) is 4.90 Å². The predicted octanol–water partition coefficient (Wildman–Crippen LogP) is 2.38. The van der Waals surface area contributed by atoms with Crippen LogP contribution in [-0.4, -0.2) is 35.8 Å². The Balaban J connectivity index is 3.08. The quantitative estimate of drug-likeness (QED) is 0.796. The predicted molar refractivity (Wildman–Crippen MR) is 74.4 cm³/mol. The van der Waals surface area contributed by atoms with E-state index in [1.165, 1.54) is 20.2 Å². The largest absolute Gasteiger partial charge is 0.467 e. The summed E-state index contributed by atoms with van der Waals surface area (Å²) < 4.78 is 17.3. The summed E-state index contributed by atoms with van der Waals surface area (Å²) in [4.78, 5) is 29.3. The van der Waals surface area contributed by atoms with Crippen molar-refractivity contribution in [2.75, 3.05) is 12.0 Å². The van der Waals surface area contributed by atoms with Gasteiger partial charge in [0.1, 0.15) is 17.5 Å². The molecule has 0 aromatic carbocycles. The molecule has 0 bridgehead atoms. The molecule has 1 aromatic heterocycles. The van der Waals surface area contributed by atoms with Crippen LogP contribution >= 0.6 is 0 Å². The van der Waals surface area contributed by atoms with E-state index in [2.05, 4.69) is 9.72 Å². The molecule has 0 aliphatic rings. The van der Waals surface area contributed by atoms with Crippen LogP contribution in [0.4, 0.5) is 10.6 Å². The molecule has 6 heteroatoms. The second-order valence-electron chi connectivity index (χ2n) is 4.88. The van der Waals surface area contributed by atoms with Crippen LogP contribution in [-0.2, 0) is 14.3 Å². The lowest BCUT2D eigenvalue weighted by molar-refractivity contribution is -0.141. The fraction of sp³-hybridized carbons (Fsp3) is 0.500. The molecule has 0 unspecified atom stereocenters. The number of esters is 1. The number of ether oxygens (including phenoxy) is 2. The Morgan fingerprint density at radius 3 is 2.65 bits per heavy atom. The number of amides is 1. The highest BCUT2D eigenvalue weighted by atomic mass is 16.6. The summed E-state index contributed by atoms with van der Waals surface area (Å²) in [6.07, 6.45) is 0.763. The van der Waals surface area contributed by atoms with Gasteiger partial charge in [-0.1, -0.05) is 6.07 Å². The summed E-state index contributed by atoms with van der Waals surface area (Å²) in [5, 5.41) is 0. The van der Waals surface area contributed by atoms with Crippen LogP contribution in [0.15, 0.2) is 24.4 Å². The average Bonchev–Trinajstić information content (AvgIpc) is 2.47. The summed E-state index contributed by atoms with van der Waals surface area (Å²) in [5.74, 6) is -0.303. The first kappa shape index (κ1) is 14.3. The fourth-order valence-corrected chi connectivity index (χ4v) is 1.51. The van der Waals surface area contributed by atoms with Crippen molar-refractivity contribution in [3.05, 3.63) is 24.4 Å². The lowest BCUT2D eigenvalue weighted by atomic mass is 10.2. The lowest BCUT2D eigenvalue weighted by Gasteiger charge is -2.29. The van der Waals surface area contributed by atoms with Gasteiger partial charge in [0.2, 0.25) is 0 Å². The third kappa shape index (κ3) is 4.22. The van der Waals surface area contributed by atoms with Crippen LogP contribution in [0.25, 0.3) is 0 Å². The number of methoxy groups -OCH3 is 1. The molecule has 0 fully saturated rings. The molecule has 6 nitrogen and oxygen atoms in total. The van der Waals surface area contributed by atoms with Gasteiger partial charge in [-0.2, -0.15) is 0 Å². The highest BCUT2D eigenvalue weighted by Crippen LogP contribution is 2.19. The van der Waals surface area contributed by atoms with Crippen LogP contribution in [0.5, 0.6) is 0 Å². The normalized spacial score (nSPS) is 13.1. The van der Waals surface area contributed by atoms with Crippen molar-refractivity contribution in [3.63, 3.8) is 0 Å². The van der Waals surface area contributed by atoms with Gasteiger partial charge in [-0.25, -0.2) is 19.5 Å². The number of carbonyl (C=O) groups excluding carboxylic acids is 2. The topological polar surface area (TPSA) is 68.7 Å². The second-order valence-corrected chi connectivity index (χ2v) is 4.88. The van der Waals surface area contributed by atoms with Crippen molar-refractivity contribution < 1.29 is 20.4 Å². The molecule has 0 N–H and O–H groups in total. The minimum Gasteiger partial charge on any atom is -0.467 e. The van der Waals surface area contributed by atoms with E-state index in [9.17, 15) is 9.59 Å². The smallest absolute Gasteiger partial charge is 0.416 e. The zero-order chi connectivity index (χ0) is 16.0. The van der Waals surface area contributed by atoms with Crippen molar-refractivity contribution in [1.29, 1.82) is 0 Å². The van der Waals surface area contributed by atoms with Crippen LogP contribution in [0.3, 0.4) is 0 Å². The molecule has 0 aliphatic heterocycles. The van der Waals surface area contributed by atoms with E-state index in [0.29, 0.717) is 0 Å². The number of hydrogen-bond acceptors (Lipinski definition) is 5. The first-order valence-electron chi connectivity index (χ1n) is 6.83. The zero-order valence-electron chi connectivity index (χ0n) is 13.1.